The number of rotatable bonds is 3. The predicted molar refractivity (Wildman–Crippen MR) is 85.0 cm³/mol. The summed E-state index contributed by atoms with van der Waals surface area (Å²) in [4.78, 5) is 9.49. The first-order valence-corrected chi connectivity index (χ1v) is 7.38. The second-order valence-electron chi connectivity index (χ2n) is 6.80. The summed E-state index contributed by atoms with van der Waals surface area (Å²) in [7, 11) is 0. The highest BCUT2D eigenvalue weighted by Crippen LogP contribution is 2.52. The minimum atomic E-state index is -0.0336. The van der Waals surface area contributed by atoms with Gasteiger partial charge in [-0.2, -0.15) is 0 Å². The number of aromatic nitrogens is 2. The van der Waals surface area contributed by atoms with E-state index in [1.54, 1.807) is 0 Å². The maximum Gasteiger partial charge on any atom is 0.143 e. The first kappa shape index (κ1) is 14.0. The Kier molecular flexibility index (Phi) is 3.21. The summed E-state index contributed by atoms with van der Waals surface area (Å²) in [6.07, 6.45) is 2.18. The molecule has 1 aliphatic rings. The number of anilines is 1. The second-order valence-corrected chi connectivity index (χ2v) is 6.80. The minimum absolute atomic E-state index is 0.0317. The highest BCUT2D eigenvalue weighted by Gasteiger charge is 2.49. The van der Waals surface area contributed by atoms with Crippen molar-refractivity contribution in [2.45, 2.75) is 44.4 Å². The van der Waals surface area contributed by atoms with Gasteiger partial charge in [0.15, 0.2) is 0 Å². The normalized spacial score (nSPS) is 16.6. The van der Waals surface area contributed by atoms with Gasteiger partial charge in [0.05, 0.1) is 11.1 Å². The van der Waals surface area contributed by atoms with Crippen molar-refractivity contribution >= 4 is 5.82 Å². The smallest absolute Gasteiger partial charge is 0.143 e. The van der Waals surface area contributed by atoms with Crippen molar-refractivity contribution < 1.29 is 0 Å². The SMILES string of the molecule is CC(C)(C)c1cc(NN)nc(C2(c3ccccc3)CC2)n1. The molecule has 4 heteroatoms. The fourth-order valence-electron chi connectivity index (χ4n) is 2.64. The zero-order valence-corrected chi connectivity index (χ0v) is 12.9. The Labute approximate surface area is 125 Å². The zero-order chi connectivity index (χ0) is 15.1. The van der Waals surface area contributed by atoms with E-state index in [-0.39, 0.29) is 10.8 Å². The van der Waals surface area contributed by atoms with Crippen LogP contribution in [0.3, 0.4) is 0 Å². The van der Waals surface area contributed by atoms with Crippen LogP contribution in [0.4, 0.5) is 5.82 Å². The van der Waals surface area contributed by atoms with Crippen molar-refractivity contribution in [1.82, 2.24) is 9.97 Å². The van der Waals surface area contributed by atoms with Crippen LogP contribution < -0.4 is 11.3 Å². The van der Waals surface area contributed by atoms with Gasteiger partial charge in [0.25, 0.3) is 0 Å². The van der Waals surface area contributed by atoms with E-state index in [1.807, 2.05) is 12.1 Å². The van der Waals surface area contributed by atoms with Gasteiger partial charge < -0.3 is 5.43 Å². The van der Waals surface area contributed by atoms with Crippen LogP contribution in [0.2, 0.25) is 0 Å². The van der Waals surface area contributed by atoms with E-state index in [2.05, 4.69) is 55.4 Å². The van der Waals surface area contributed by atoms with Gasteiger partial charge in [0.2, 0.25) is 0 Å². The van der Waals surface area contributed by atoms with Crippen molar-refractivity contribution in [2.75, 3.05) is 5.43 Å². The van der Waals surface area contributed by atoms with Crippen LogP contribution in [0, 0.1) is 0 Å². The summed E-state index contributed by atoms with van der Waals surface area (Å²) in [5.74, 6) is 7.16. The number of benzene rings is 1. The van der Waals surface area contributed by atoms with Gasteiger partial charge >= 0.3 is 0 Å². The van der Waals surface area contributed by atoms with E-state index in [1.165, 1.54) is 5.56 Å². The number of hydrazine groups is 1. The third kappa shape index (κ3) is 2.51. The van der Waals surface area contributed by atoms with Crippen LogP contribution in [-0.4, -0.2) is 9.97 Å². The van der Waals surface area contributed by atoms with E-state index in [0.717, 1.165) is 24.4 Å². The topological polar surface area (TPSA) is 63.8 Å². The van der Waals surface area contributed by atoms with Crippen LogP contribution in [0.1, 0.15) is 50.7 Å². The second kappa shape index (κ2) is 4.81. The molecule has 1 aromatic heterocycles. The van der Waals surface area contributed by atoms with Crippen molar-refractivity contribution in [3.63, 3.8) is 0 Å². The van der Waals surface area contributed by atoms with E-state index in [4.69, 9.17) is 10.8 Å². The number of nitrogen functional groups attached to an aromatic ring is 1. The van der Waals surface area contributed by atoms with Crippen molar-refractivity contribution in [3.05, 3.63) is 53.5 Å². The lowest BCUT2D eigenvalue weighted by atomic mass is 9.90. The molecule has 1 saturated carbocycles. The van der Waals surface area contributed by atoms with Gasteiger partial charge in [0.1, 0.15) is 11.6 Å². The molecule has 3 rings (SSSR count). The maximum absolute atomic E-state index is 5.59. The molecule has 0 aliphatic heterocycles. The average molecular weight is 282 g/mol. The quantitative estimate of drug-likeness (QED) is 0.670. The van der Waals surface area contributed by atoms with Crippen LogP contribution in [0.25, 0.3) is 0 Å². The molecule has 1 heterocycles. The third-order valence-electron chi connectivity index (χ3n) is 4.15. The molecular formula is C17H22N4. The number of nitrogens with one attached hydrogen (secondary N) is 1. The van der Waals surface area contributed by atoms with Crippen LogP contribution in [-0.2, 0) is 10.8 Å². The van der Waals surface area contributed by atoms with Gasteiger partial charge in [0, 0.05) is 11.5 Å². The molecule has 1 aromatic carbocycles. The molecule has 0 bridgehead atoms. The largest absolute Gasteiger partial charge is 0.308 e. The zero-order valence-electron chi connectivity index (χ0n) is 12.9. The lowest BCUT2D eigenvalue weighted by Gasteiger charge is -2.22. The summed E-state index contributed by atoms with van der Waals surface area (Å²) in [6, 6.07) is 12.4. The average Bonchev–Trinajstić information content (AvgIpc) is 3.28. The fraction of sp³-hybridized carbons (Fsp3) is 0.412. The first-order valence-electron chi connectivity index (χ1n) is 7.38. The highest BCUT2D eigenvalue weighted by molar-refractivity contribution is 5.44. The number of nitrogens with two attached hydrogens (primary N) is 1. The molecule has 2 aromatic rings. The van der Waals surface area contributed by atoms with Gasteiger partial charge in [-0.3, -0.25) is 0 Å². The Hall–Kier alpha value is -1.94. The van der Waals surface area contributed by atoms with Gasteiger partial charge in [-0.05, 0) is 18.4 Å². The Morgan fingerprint density at radius 1 is 1.10 bits per heavy atom. The number of nitrogens with zero attached hydrogens (tertiary/aromatic N) is 2. The van der Waals surface area contributed by atoms with Crippen molar-refractivity contribution in [3.8, 4) is 0 Å². The van der Waals surface area contributed by atoms with E-state index < -0.39 is 0 Å². The van der Waals surface area contributed by atoms with Crippen LogP contribution in [0.15, 0.2) is 36.4 Å². The molecule has 21 heavy (non-hydrogen) atoms. The third-order valence-corrected chi connectivity index (χ3v) is 4.15. The van der Waals surface area contributed by atoms with Crippen LogP contribution >= 0.6 is 0 Å². The molecule has 0 amide bonds. The Morgan fingerprint density at radius 3 is 2.29 bits per heavy atom. The maximum atomic E-state index is 5.59. The molecule has 0 saturated heterocycles. The number of hydrogen-bond donors (Lipinski definition) is 2. The Balaban J connectivity index is 2.11. The molecule has 3 N–H and O–H groups in total. The van der Waals surface area contributed by atoms with E-state index >= 15 is 0 Å². The van der Waals surface area contributed by atoms with Crippen molar-refractivity contribution in [1.29, 1.82) is 0 Å². The molecule has 0 radical (unpaired) electrons. The minimum Gasteiger partial charge on any atom is -0.308 e. The first-order chi connectivity index (χ1) is 9.95. The molecule has 4 nitrogen and oxygen atoms in total. The summed E-state index contributed by atoms with van der Waals surface area (Å²) in [5, 5.41) is 0. The highest BCUT2D eigenvalue weighted by atomic mass is 15.3. The summed E-state index contributed by atoms with van der Waals surface area (Å²) in [5.41, 5.74) is 4.92. The van der Waals surface area contributed by atoms with E-state index in [9.17, 15) is 0 Å². The van der Waals surface area contributed by atoms with Gasteiger partial charge in [-0.25, -0.2) is 15.8 Å². The molecule has 1 aliphatic carbocycles. The molecule has 0 unspecified atom stereocenters. The molecule has 110 valence electrons. The molecule has 0 atom stereocenters. The fourth-order valence-corrected chi connectivity index (χ4v) is 2.64. The molecular weight excluding hydrogens is 260 g/mol. The molecule has 0 spiro atoms. The Bertz CT molecular complexity index is 640. The Morgan fingerprint density at radius 2 is 1.76 bits per heavy atom. The summed E-state index contributed by atoms with van der Waals surface area (Å²) < 4.78 is 0. The van der Waals surface area contributed by atoms with Crippen LogP contribution in [0.5, 0.6) is 0 Å². The lowest BCUT2D eigenvalue weighted by Crippen LogP contribution is -2.22. The molecule has 1 fully saturated rings. The van der Waals surface area contributed by atoms with Gasteiger partial charge in [-0.15, -0.1) is 0 Å². The summed E-state index contributed by atoms with van der Waals surface area (Å²) >= 11 is 0. The van der Waals surface area contributed by atoms with E-state index in [0.29, 0.717) is 5.82 Å². The standard InChI is InChI=1S/C17H22N4/c1-16(2,3)13-11-14(21-18)20-15(19-13)17(9-10-17)12-7-5-4-6-8-12/h4-8,11H,9-10,18H2,1-3H3,(H,19,20,21). The number of hydrogen-bond acceptors (Lipinski definition) is 4. The monoisotopic (exact) mass is 282 g/mol. The van der Waals surface area contributed by atoms with Crippen molar-refractivity contribution in [2.24, 2.45) is 5.84 Å². The predicted octanol–water partition coefficient (Wildman–Crippen LogP) is 3.14. The summed E-state index contributed by atoms with van der Waals surface area (Å²) in [6.45, 7) is 6.46. The lowest BCUT2D eigenvalue weighted by molar-refractivity contribution is 0.557. The van der Waals surface area contributed by atoms with Gasteiger partial charge in [-0.1, -0.05) is 51.1 Å².